The van der Waals surface area contributed by atoms with Crippen molar-refractivity contribution in [2.75, 3.05) is 36.4 Å². The van der Waals surface area contributed by atoms with Crippen LogP contribution < -0.4 is 10.2 Å². The second kappa shape index (κ2) is 6.87. The van der Waals surface area contributed by atoms with Crippen molar-refractivity contribution in [1.82, 2.24) is 4.90 Å². The molecule has 2 aromatic rings. The fourth-order valence-electron chi connectivity index (χ4n) is 2.56. The van der Waals surface area contributed by atoms with Gasteiger partial charge in [-0.05, 0) is 48.5 Å². The largest absolute Gasteiger partial charge is 0.368 e. The summed E-state index contributed by atoms with van der Waals surface area (Å²) < 4.78 is 12.9. The number of urea groups is 1. The summed E-state index contributed by atoms with van der Waals surface area (Å²) in [6.07, 6.45) is 0. The van der Waals surface area contributed by atoms with Crippen molar-refractivity contribution >= 4 is 29.0 Å². The predicted molar refractivity (Wildman–Crippen MR) is 90.7 cm³/mol. The highest BCUT2D eigenvalue weighted by atomic mass is 35.5. The maximum atomic E-state index is 12.9. The molecule has 1 saturated heterocycles. The summed E-state index contributed by atoms with van der Waals surface area (Å²) in [6.45, 7) is 2.79. The van der Waals surface area contributed by atoms with Gasteiger partial charge in [0.05, 0.1) is 0 Å². The van der Waals surface area contributed by atoms with Gasteiger partial charge in [0.25, 0.3) is 0 Å². The van der Waals surface area contributed by atoms with Crippen LogP contribution in [0.2, 0.25) is 5.02 Å². The smallest absolute Gasteiger partial charge is 0.321 e. The van der Waals surface area contributed by atoms with Gasteiger partial charge in [-0.15, -0.1) is 0 Å². The predicted octanol–water partition coefficient (Wildman–Crippen LogP) is 3.83. The lowest BCUT2D eigenvalue weighted by atomic mass is 10.2. The van der Waals surface area contributed by atoms with Gasteiger partial charge in [0.1, 0.15) is 5.82 Å². The molecule has 1 N–H and O–H groups in total. The van der Waals surface area contributed by atoms with E-state index in [1.807, 2.05) is 24.3 Å². The standard InChI is InChI=1S/C17H17ClFN3O/c18-13-1-7-16(8-2-13)21-9-11-22(12-10-21)17(23)20-15-5-3-14(19)4-6-15/h1-8H,9-12H2,(H,20,23). The van der Waals surface area contributed by atoms with E-state index in [2.05, 4.69) is 10.2 Å². The third-order valence-corrected chi connectivity index (χ3v) is 4.11. The number of nitrogens with one attached hydrogen (secondary N) is 1. The van der Waals surface area contributed by atoms with Gasteiger partial charge >= 0.3 is 6.03 Å². The van der Waals surface area contributed by atoms with E-state index in [1.165, 1.54) is 12.1 Å². The first kappa shape index (κ1) is 15.6. The molecule has 0 atom stereocenters. The Labute approximate surface area is 139 Å². The molecule has 0 saturated carbocycles. The number of benzene rings is 2. The summed E-state index contributed by atoms with van der Waals surface area (Å²) in [5, 5.41) is 3.50. The zero-order valence-corrected chi connectivity index (χ0v) is 13.3. The molecule has 1 heterocycles. The number of rotatable bonds is 2. The number of hydrogen-bond acceptors (Lipinski definition) is 2. The lowest BCUT2D eigenvalue weighted by molar-refractivity contribution is 0.208. The highest BCUT2D eigenvalue weighted by molar-refractivity contribution is 6.30. The molecule has 0 unspecified atom stereocenters. The third kappa shape index (κ3) is 3.93. The molecule has 23 heavy (non-hydrogen) atoms. The fraction of sp³-hybridized carbons (Fsp3) is 0.235. The Morgan fingerprint density at radius 1 is 0.957 bits per heavy atom. The van der Waals surface area contributed by atoms with E-state index in [0.717, 1.165) is 18.8 Å². The summed E-state index contributed by atoms with van der Waals surface area (Å²) in [4.78, 5) is 16.2. The lowest BCUT2D eigenvalue weighted by Gasteiger charge is -2.36. The van der Waals surface area contributed by atoms with Gasteiger partial charge in [-0.1, -0.05) is 11.6 Å². The second-order valence-electron chi connectivity index (χ2n) is 5.39. The number of halogens is 2. The SMILES string of the molecule is O=C(Nc1ccc(F)cc1)N1CCN(c2ccc(Cl)cc2)CC1. The average Bonchev–Trinajstić information content (AvgIpc) is 2.58. The minimum Gasteiger partial charge on any atom is -0.368 e. The molecule has 120 valence electrons. The van der Waals surface area contributed by atoms with E-state index in [0.29, 0.717) is 23.8 Å². The number of anilines is 2. The first-order valence-electron chi connectivity index (χ1n) is 7.44. The molecule has 2 amide bonds. The van der Waals surface area contributed by atoms with Crippen LogP contribution in [0.4, 0.5) is 20.6 Å². The zero-order chi connectivity index (χ0) is 16.2. The number of amides is 2. The summed E-state index contributed by atoms with van der Waals surface area (Å²) in [5.41, 5.74) is 1.70. The van der Waals surface area contributed by atoms with Crippen LogP contribution >= 0.6 is 11.6 Å². The number of hydrogen-bond donors (Lipinski definition) is 1. The van der Waals surface area contributed by atoms with Crippen LogP contribution in [-0.2, 0) is 0 Å². The van der Waals surface area contributed by atoms with Crippen LogP contribution in [0.25, 0.3) is 0 Å². The normalized spacial score (nSPS) is 14.7. The minimum atomic E-state index is -0.320. The van der Waals surface area contributed by atoms with E-state index in [4.69, 9.17) is 11.6 Å². The monoisotopic (exact) mass is 333 g/mol. The summed E-state index contributed by atoms with van der Waals surface area (Å²) in [6, 6.07) is 13.3. The number of carbonyl (C=O) groups is 1. The molecule has 0 bridgehead atoms. The van der Waals surface area contributed by atoms with Crippen LogP contribution in [-0.4, -0.2) is 37.1 Å². The first-order chi connectivity index (χ1) is 11.1. The molecule has 0 aliphatic carbocycles. The van der Waals surface area contributed by atoms with Gasteiger partial charge in [-0.3, -0.25) is 0 Å². The molecule has 0 aromatic heterocycles. The van der Waals surface area contributed by atoms with Gasteiger partial charge in [0.2, 0.25) is 0 Å². The van der Waals surface area contributed by atoms with Crippen molar-refractivity contribution in [2.24, 2.45) is 0 Å². The molecule has 2 aromatic carbocycles. The van der Waals surface area contributed by atoms with Crippen LogP contribution in [0.5, 0.6) is 0 Å². The number of nitrogens with zero attached hydrogens (tertiary/aromatic N) is 2. The molecule has 0 spiro atoms. The minimum absolute atomic E-state index is 0.160. The van der Waals surface area contributed by atoms with Gasteiger partial charge in [0.15, 0.2) is 0 Å². The van der Waals surface area contributed by atoms with Crippen molar-refractivity contribution in [3.05, 3.63) is 59.4 Å². The summed E-state index contributed by atoms with van der Waals surface area (Å²) in [5.74, 6) is -0.320. The van der Waals surface area contributed by atoms with Crippen LogP contribution in [0.15, 0.2) is 48.5 Å². The summed E-state index contributed by atoms with van der Waals surface area (Å²) >= 11 is 5.90. The van der Waals surface area contributed by atoms with Gasteiger partial charge < -0.3 is 15.1 Å². The summed E-state index contributed by atoms with van der Waals surface area (Å²) in [7, 11) is 0. The molecular formula is C17H17ClFN3O. The van der Waals surface area contributed by atoms with Crippen molar-refractivity contribution in [3.63, 3.8) is 0 Å². The zero-order valence-electron chi connectivity index (χ0n) is 12.5. The molecule has 1 aliphatic heterocycles. The topological polar surface area (TPSA) is 35.6 Å². The maximum absolute atomic E-state index is 12.9. The third-order valence-electron chi connectivity index (χ3n) is 3.85. The Balaban J connectivity index is 1.54. The van der Waals surface area contributed by atoms with Crippen molar-refractivity contribution < 1.29 is 9.18 Å². The lowest BCUT2D eigenvalue weighted by Crippen LogP contribution is -2.50. The fourth-order valence-corrected chi connectivity index (χ4v) is 2.68. The molecule has 4 nitrogen and oxygen atoms in total. The quantitative estimate of drug-likeness (QED) is 0.906. The molecule has 0 radical (unpaired) electrons. The van der Waals surface area contributed by atoms with Crippen LogP contribution in [0, 0.1) is 5.82 Å². The molecular weight excluding hydrogens is 317 g/mol. The first-order valence-corrected chi connectivity index (χ1v) is 7.81. The van der Waals surface area contributed by atoms with Crippen molar-refractivity contribution in [2.45, 2.75) is 0 Å². The average molecular weight is 334 g/mol. The van der Waals surface area contributed by atoms with Gasteiger partial charge in [0, 0.05) is 42.6 Å². The van der Waals surface area contributed by atoms with E-state index < -0.39 is 0 Å². The van der Waals surface area contributed by atoms with E-state index in [-0.39, 0.29) is 11.8 Å². The van der Waals surface area contributed by atoms with Crippen LogP contribution in [0.3, 0.4) is 0 Å². The van der Waals surface area contributed by atoms with Gasteiger partial charge in [-0.2, -0.15) is 0 Å². The van der Waals surface area contributed by atoms with E-state index >= 15 is 0 Å². The van der Waals surface area contributed by atoms with Crippen molar-refractivity contribution in [1.29, 1.82) is 0 Å². The Hall–Kier alpha value is -2.27. The highest BCUT2D eigenvalue weighted by Gasteiger charge is 2.21. The molecule has 3 rings (SSSR count). The number of carbonyl (C=O) groups excluding carboxylic acids is 1. The van der Waals surface area contributed by atoms with Crippen LogP contribution in [0.1, 0.15) is 0 Å². The Morgan fingerprint density at radius 3 is 2.17 bits per heavy atom. The molecule has 6 heteroatoms. The Morgan fingerprint density at radius 2 is 1.57 bits per heavy atom. The maximum Gasteiger partial charge on any atom is 0.321 e. The van der Waals surface area contributed by atoms with E-state index in [1.54, 1.807) is 17.0 Å². The number of piperazine rings is 1. The molecule has 1 fully saturated rings. The Kier molecular flexibility index (Phi) is 4.67. The van der Waals surface area contributed by atoms with E-state index in [9.17, 15) is 9.18 Å². The molecule has 1 aliphatic rings. The van der Waals surface area contributed by atoms with Gasteiger partial charge in [-0.25, -0.2) is 9.18 Å². The second-order valence-corrected chi connectivity index (χ2v) is 5.82. The highest BCUT2D eigenvalue weighted by Crippen LogP contribution is 2.19. The Bertz CT molecular complexity index is 667. The van der Waals surface area contributed by atoms with Crippen molar-refractivity contribution in [3.8, 4) is 0 Å².